The van der Waals surface area contributed by atoms with E-state index in [9.17, 15) is 8.78 Å². The normalized spacial score (nSPS) is 19.8. The van der Waals surface area contributed by atoms with Gasteiger partial charge in [0.15, 0.2) is 11.5 Å². The number of ether oxygens (including phenoxy) is 2. The monoisotopic (exact) mass is 382 g/mol. The molecule has 24 heavy (non-hydrogen) atoms. The molecule has 0 aliphatic carbocycles. The maximum absolute atomic E-state index is 13.4. The van der Waals surface area contributed by atoms with Crippen molar-refractivity contribution in [1.82, 2.24) is 10.2 Å². The Morgan fingerprint density at radius 1 is 1.25 bits per heavy atom. The lowest BCUT2D eigenvalue weighted by Gasteiger charge is -2.35. The molecule has 1 saturated heterocycles. The second kappa shape index (κ2) is 8.85. The van der Waals surface area contributed by atoms with E-state index in [0.717, 1.165) is 44.6 Å². The summed E-state index contributed by atoms with van der Waals surface area (Å²) in [6.07, 6.45) is -0.0976. The van der Waals surface area contributed by atoms with Gasteiger partial charge >= 0.3 is 6.29 Å². The summed E-state index contributed by atoms with van der Waals surface area (Å²) in [5.41, 5.74) is 0.762. The van der Waals surface area contributed by atoms with Gasteiger partial charge in [0.1, 0.15) is 0 Å². The minimum Gasteiger partial charge on any atom is -0.395 e. The Labute approximate surface area is 153 Å². The van der Waals surface area contributed by atoms with Crippen LogP contribution < -0.4 is 14.8 Å². The lowest BCUT2D eigenvalue weighted by atomic mass is 9.98. The molecule has 0 saturated carbocycles. The van der Waals surface area contributed by atoms with Gasteiger partial charge in [-0.25, -0.2) is 0 Å². The number of fused-ring (bicyclic) bond motifs is 1. The fraction of sp³-hybridized carbons (Fsp3) is 0.500. The number of piperazine rings is 1. The molecule has 2 aliphatic rings. The van der Waals surface area contributed by atoms with Crippen LogP contribution in [0.4, 0.5) is 8.78 Å². The van der Waals surface area contributed by atoms with E-state index in [2.05, 4.69) is 21.5 Å². The molecule has 1 aromatic rings. The molecule has 0 unspecified atom stereocenters. The number of benzene rings is 1. The third kappa shape index (κ3) is 4.51. The Hall–Kier alpha value is -1.08. The number of rotatable bonds is 5. The van der Waals surface area contributed by atoms with Gasteiger partial charge in [-0.05, 0) is 18.9 Å². The Morgan fingerprint density at radius 2 is 1.96 bits per heavy atom. The maximum Gasteiger partial charge on any atom is 0.586 e. The second-order valence-electron chi connectivity index (χ2n) is 5.51. The molecule has 0 spiro atoms. The van der Waals surface area contributed by atoms with Crippen LogP contribution in [0.1, 0.15) is 24.4 Å². The highest BCUT2D eigenvalue weighted by Crippen LogP contribution is 2.47. The number of nitrogens with one attached hydrogen (secondary N) is 1. The summed E-state index contributed by atoms with van der Waals surface area (Å²) in [5.74, 6) is 0.279. The number of nitrogens with zero attached hydrogens (tertiary/aromatic N) is 1. The average molecular weight is 383 g/mol. The van der Waals surface area contributed by atoms with E-state index < -0.39 is 6.29 Å². The number of hydrogen-bond donors (Lipinski definition) is 1. The molecule has 1 atom stereocenters. The largest absolute Gasteiger partial charge is 0.586 e. The minimum absolute atomic E-state index is 0. The van der Waals surface area contributed by atoms with E-state index >= 15 is 0 Å². The second-order valence-corrected chi connectivity index (χ2v) is 5.51. The molecule has 3 rings (SSSR count). The zero-order valence-corrected chi connectivity index (χ0v) is 14.8. The number of allylic oxidation sites excluding steroid dienone is 1. The Balaban J connectivity index is 0.00000144. The zero-order valence-electron chi connectivity index (χ0n) is 13.2. The summed E-state index contributed by atoms with van der Waals surface area (Å²) in [7, 11) is 0. The fourth-order valence-electron chi connectivity index (χ4n) is 3.06. The highest BCUT2D eigenvalue weighted by molar-refractivity contribution is 5.85. The first-order valence-corrected chi connectivity index (χ1v) is 7.55. The van der Waals surface area contributed by atoms with E-state index in [1.807, 2.05) is 12.1 Å². The Morgan fingerprint density at radius 3 is 2.62 bits per heavy atom. The topological polar surface area (TPSA) is 33.7 Å². The van der Waals surface area contributed by atoms with Crippen molar-refractivity contribution in [3.8, 4) is 11.5 Å². The first kappa shape index (κ1) is 21.0. The van der Waals surface area contributed by atoms with Gasteiger partial charge in [0.05, 0.1) is 0 Å². The number of para-hydroxylation sites is 1. The smallest absolute Gasteiger partial charge is 0.395 e. The van der Waals surface area contributed by atoms with Crippen LogP contribution in [0.25, 0.3) is 0 Å². The summed E-state index contributed by atoms with van der Waals surface area (Å²) < 4.78 is 36.1. The van der Waals surface area contributed by atoms with Crippen LogP contribution in [0.2, 0.25) is 0 Å². The molecule has 1 fully saturated rings. The molecule has 2 heterocycles. The van der Waals surface area contributed by atoms with E-state index in [1.54, 1.807) is 6.07 Å². The van der Waals surface area contributed by atoms with Gasteiger partial charge in [0.2, 0.25) is 0 Å². The van der Waals surface area contributed by atoms with E-state index in [-0.39, 0.29) is 42.4 Å². The first-order chi connectivity index (χ1) is 10.6. The highest BCUT2D eigenvalue weighted by Gasteiger charge is 2.45. The summed E-state index contributed by atoms with van der Waals surface area (Å²) >= 11 is 0. The van der Waals surface area contributed by atoms with Crippen molar-refractivity contribution >= 4 is 24.8 Å². The van der Waals surface area contributed by atoms with Gasteiger partial charge in [-0.1, -0.05) is 18.2 Å². The van der Waals surface area contributed by atoms with Gasteiger partial charge in [-0.3, -0.25) is 4.90 Å². The summed E-state index contributed by atoms with van der Waals surface area (Å²) in [6.45, 7) is 7.31. The van der Waals surface area contributed by atoms with Crippen molar-refractivity contribution < 1.29 is 18.3 Å². The summed E-state index contributed by atoms with van der Waals surface area (Å²) in [4.78, 5) is 2.30. The highest BCUT2D eigenvalue weighted by atomic mass is 35.5. The molecule has 0 bridgehead atoms. The van der Waals surface area contributed by atoms with Crippen molar-refractivity contribution in [2.75, 3.05) is 26.2 Å². The van der Waals surface area contributed by atoms with Crippen LogP contribution in [0.3, 0.4) is 0 Å². The Kier molecular flexibility index (Phi) is 7.73. The third-order valence-electron chi connectivity index (χ3n) is 4.05. The van der Waals surface area contributed by atoms with E-state index in [0.29, 0.717) is 0 Å². The van der Waals surface area contributed by atoms with Crippen molar-refractivity contribution in [2.45, 2.75) is 25.2 Å². The van der Waals surface area contributed by atoms with Crippen LogP contribution in [0.15, 0.2) is 30.9 Å². The molecule has 4 nitrogen and oxygen atoms in total. The van der Waals surface area contributed by atoms with Gasteiger partial charge in [-0.15, -0.1) is 40.2 Å². The first-order valence-electron chi connectivity index (χ1n) is 7.55. The van der Waals surface area contributed by atoms with Crippen molar-refractivity contribution in [3.05, 3.63) is 36.4 Å². The van der Waals surface area contributed by atoms with Gasteiger partial charge in [-0.2, -0.15) is 0 Å². The SMILES string of the molecule is C=CCC[C@H](c1cccc2c1OC(F)(F)O2)N1CCNCC1.Cl.Cl. The Bertz CT molecular complexity index is 555. The predicted octanol–water partition coefficient (Wildman–Crippen LogP) is 3.76. The third-order valence-corrected chi connectivity index (χ3v) is 4.05. The molecule has 2 aliphatic heterocycles. The molecule has 0 radical (unpaired) electrons. The number of alkyl halides is 2. The molecule has 136 valence electrons. The molecule has 1 N–H and O–H groups in total. The standard InChI is InChI=1S/C16H20F2N2O2.2ClH/c1-2-3-6-13(20-10-8-19-9-11-20)12-5-4-7-14-15(12)22-16(17,18)21-14;;/h2,4-5,7,13,19H,1,3,6,8-11H2;2*1H/t13-;;/m1../s1. The van der Waals surface area contributed by atoms with Crippen LogP contribution in [0, 0.1) is 0 Å². The molecule has 0 amide bonds. The van der Waals surface area contributed by atoms with Crippen LogP contribution >= 0.6 is 24.8 Å². The number of halogens is 4. The molecule has 8 heteroatoms. The van der Waals surface area contributed by atoms with Crippen molar-refractivity contribution in [2.24, 2.45) is 0 Å². The zero-order chi connectivity index (χ0) is 15.6. The van der Waals surface area contributed by atoms with E-state index in [1.165, 1.54) is 6.07 Å². The average Bonchev–Trinajstić information content (AvgIpc) is 2.83. The van der Waals surface area contributed by atoms with Crippen LogP contribution in [0.5, 0.6) is 11.5 Å². The van der Waals surface area contributed by atoms with Crippen LogP contribution in [-0.2, 0) is 0 Å². The number of hydrogen-bond acceptors (Lipinski definition) is 4. The van der Waals surface area contributed by atoms with Crippen molar-refractivity contribution in [3.63, 3.8) is 0 Å². The predicted molar refractivity (Wildman–Crippen MR) is 93.8 cm³/mol. The summed E-state index contributed by atoms with van der Waals surface area (Å²) in [5, 5.41) is 3.30. The lowest BCUT2D eigenvalue weighted by Crippen LogP contribution is -2.45. The molecule has 0 aromatic heterocycles. The van der Waals surface area contributed by atoms with Crippen LogP contribution in [-0.4, -0.2) is 37.4 Å². The summed E-state index contributed by atoms with van der Waals surface area (Å²) in [6, 6.07) is 5.12. The van der Waals surface area contributed by atoms with Gasteiger partial charge < -0.3 is 14.8 Å². The quantitative estimate of drug-likeness (QED) is 0.786. The molecular weight excluding hydrogens is 361 g/mol. The molecular formula is C16H22Cl2F2N2O2. The van der Waals surface area contributed by atoms with E-state index in [4.69, 9.17) is 4.74 Å². The van der Waals surface area contributed by atoms with Gasteiger partial charge in [0.25, 0.3) is 0 Å². The lowest BCUT2D eigenvalue weighted by molar-refractivity contribution is -0.287. The van der Waals surface area contributed by atoms with Crippen molar-refractivity contribution in [1.29, 1.82) is 0 Å². The maximum atomic E-state index is 13.4. The van der Waals surface area contributed by atoms with Gasteiger partial charge in [0, 0.05) is 37.8 Å². The fourth-order valence-corrected chi connectivity index (χ4v) is 3.06. The molecule has 1 aromatic carbocycles. The minimum atomic E-state index is -3.58.